The van der Waals surface area contributed by atoms with E-state index in [-0.39, 0.29) is 40.9 Å². The summed E-state index contributed by atoms with van der Waals surface area (Å²) in [4.78, 5) is 28.4. The standard InChI is InChI=1S/C27H31ClN4O3S2/c1-27(2,3)25-23-24(17-9-11-36-15-17)37-16-22(34)31(14-21(33)29-13-20-8-5-10-35-20)26(23)32(30-25)19-7-4-6-18(28)12-19/h4,6-7,9,11-12,15,20,24H,5,8,10,13-14,16H2,1-3H3,(H,29,33)/t20-,24-/m0/s1. The summed E-state index contributed by atoms with van der Waals surface area (Å²) in [6.45, 7) is 7.45. The summed E-state index contributed by atoms with van der Waals surface area (Å²) in [5, 5.41) is 12.7. The molecule has 0 spiro atoms. The zero-order valence-electron chi connectivity index (χ0n) is 21.2. The molecule has 37 heavy (non-hydrogen) atoms. The Morgan fingerprint density at radius 1 is 1.30 bits per heavy atom. The molecular weight excluding hydrogens is 528 g/mol. The lowest BCUT2D eigenvalue weighted by atomic mass is 9.87. The second-order valence-electron chi connectivity index (χ2n) is 10.4. The topological polar surface area (TPSA) is 76.5 Å². The molecule has 1 N–H and O–H groups in total. The van der Waals surface area contributed by atoms with Crippen molar-refractivity contribution in [3.63, 3.8) is 0 Å². The average molecular weight is 559 g/mol. The predicted octanol–water partition coefficient (Wildman–Crippen LogP) is 5.35. The Morgan fingerprint density at radius 2 is 2.14 bits per heavy atom. The van der Waals surface area contributed by atoms with Gasteiger partial charge in [0.15, 0.2) is 0 Å². The number of thiophene rings is 1. The largest absolute Gasteiger partial charge is 0.376 e. The van der Waals surface area contributed by atoms with Crippen LogP contribution in [0.25, 0.3) is 5.69 Å². The van der Waals surface area contributed by atoms with Crippen LogP contribution in [-0.2, 0) is 19.7 Å². The average Bonchev–Trinajstić information content (AvgIpc) is 3.61. The molecule has 2 aliphatic rings. The van der Waals surface area contributed by atoms with E-state index in [1.54, 1.807) is 32.7 Å². The molecule has 0 unspecified atom stereocenters. The van der Waals surface area contributed by atoms with Crippen molar-refractivity contribution in [3.8, 4) is 5.69 Å². The molecule has 2 amide bonds. The first kappa shape index (κ1) is 26.3. The van der Waals surface area contributed by atoms with Crippen molar-refractivity contribution in [1.29, 1.82) is 0 Å². The minimum Gasteiger partial charge on any atom is -0.376 e. The maximum absolute atomic E-state index is 13.6. The Bertz CT molecular complexity index is 1280. The number of amides is 2. The lowest BCUT2D eigenvalue weighted by molar-refractivity contribution is -0.123. The smallest absolute Gasteiger partial charge is 0.240 e. The minimum atomic E-state index is -0.302. The van der Waals surface area contributed by atoms with Gasteiger partial charge in [-0.25, -0.2) is 4.68 Å². The Labute approximate surface area is 230 Å². The Morgan fingerprint density at radius 3 is 2.81 bits per heavy atom. The molecule has 0 saturated carbocycles. The molecule has 2 aliphatic heterocycles. The van der Waals surface area contributed by atoms with E-state index in [1.165, 1.54) is 0 Å². The van der Waals surface area contributed by atoms with E-state index in [4.69, 9.17) is 21.4 Å². The van der Waals surface area contributed by atoms with Crippen molar-refractivity contribution in [2.24, 2.45) is 0 Å². The van der Waals surface area contributed by atoms with Gasteiger partial charge in [0, 0.05) is 29.2 Å². The van der Waals surface area contributed by atoms with Crippen molar-refractivity contribution in [2.45, 2.75) is 50.4 Å². The van der Waals surface area contributed by atoms with Crippen LogP contribution in [0.5, 0.6) is 0 Å². The first-order valence-corrected chi connectivity index (χ1v) is 14.8. The number of carbonyl (C=O) groups excluding carboxylic acids is 2. The van der Waals surface area contributed by atoms with Crippen LogP contribution in [0.1, 0.15) is 55.7 Å². The molecule has 7 nitrogen and oxygen atoms in total. The minimum absolute atomic E-state index is 0.0300. The van der Waals surface area contributed by atoms with Crippen molar-refractivity contribution >= 4 is 52.3 Å². The number of nitrogens with zero attached hydrogens (tertiary/aromatic N) is 3. The molecule has 0 aliphatic carbocycles. The Kier molecular flexibility index (Phi) is 7.68. The molecule has 1 saturated heterocycles. The third kappa shape index (κ3) is 5.60. The lowest BCUT2D eigenvalue weighted by Crippen LogP contribution is -2.44. The molecule has 1 fully saturated rings. The van der Waals surface area contributed by atoms with Gasteiger partial charge in [0.05, 0.1) is 28.5 Å². The predicted molar refractivity (Wildman–Crippen MR) is 150 cm³/mol. The molecule has 196 valence electrons. The van der Waals surface area contributed by atoms with E-state index in [0.717, 1.165) is 42.0 Å². The van der Waals surface area contributed by atoms with E-state index in [9.17, 15) is 9.59 Å². The number of fused-ring (bicyclic) bond motifs is 1. The van der Waals surface area contributed by atoms with Gasteiger partial charge in [-0.1, -0.05) is 38.4 Å². The van der Waals surface area contributed by atoms with Gasteiger partial charge in [-0.3, -0.25) is 14.5 Å². The summed E-state index contributed by atoms with van der Waals surface area (Å²) in [5.41, 5.74) is 3.43. The molecular formula is C27H31ClN4O3S2. The molecule has 3 aromatic rings. The van der Waals surface area contributed by atoms with Crippen LogP contribution in [0, 0.1) is 0 Å². The van der Waals surface area contributed by atoms with Gasteiger partial charge in [-0.2, -0.15) is 16.4 Å². The van der Waals surface area contributed by atoms with E-state index in [2.05, 4.69) is 42.9 Å². The van der Waals surface area contributed by atoms with E-state index in [0.29, 0.717) is 17.4 Å². The van der Waals surface area contributed by atoms with E-state index < -0.39 is 0 Å². The highest BCUT2D eigenvalue weighted by molar-refractivity contribution is 8.00. The van der Waals surface area contributed by atoms with Gasteiger partial charge in [0.1, 0.15) is 12.4 Å². The first-order valence-electron chi connectivity index (χ1n) is 12.4. The lowest BCUT2D eigenvalue weighted by Gasteiger charge is -2.24. The van der Waals surface area contributed by atoms with Crippen molar-refractivity contribution < 1.29 is 14.3 Å². The number of carbonyl (C=O) groups is 2. The fraction of sp³-hybridized carbons (Fsp3) is 0.444. The number of benzene rings is 1. The normalized spacial score (nSPS) is 20.1. The van der Waals surface area contributed by atoms with Gasteiger partial charge in [-0.05, 0) is 53.4 Å². The molecule has 4 heterocycles. The summed E-state index contributed by atoms with van der Waals surface area (Å²) in [5.74, 6) is 0.545. The van der Waals surface area contributed by atoms with Gasteiger partial charge >= 0.3 is 0 Å². The van der Waals surface area contributed by atoms with Crippen LogP contribution < -0.4 is 10.2 Å². The molecule has 0 bridgehead atoms. The molecule has 10 heteroatoms. The van der Waals surface area contributed by atoms with Crippen LogP contribution in [-0.4, -0.2) is 53.1 Å². The number of hydrogen-bond acceptors (Lipinski definition) is 6. The van der Waals surface area contributed by atoms with Crippen molar-refractivity contribution in [3.05, 3.63) is 62.9 Å². The number of anilines is 1. The van der Waals surface area contributed by atoms with Crippen LogP contribution >= 0.6 is 34.7 Å². The summed E-state index contributed by atoms with van der Waals surface area (Å²) in [6.07, 6.45) is 1.97. The Balaban J connectivity index is 1.63. The van der Waals surface area contributed by atoms with Gasteiger partial charge in [-0.15, -0.1) is 11.8 Å². The third-order valence-electron chi connectivity index (χ3n) is 6.55. The maximum atomic E-state index is 13.6. The number of nitrogens with one attached hydrogen (secondary N) is 1. The van der Waals surface area contributed by atoms with E-state index >= 15 is 0 Å². The number of rotatable bonds is 6. The molecule has 0 radical (unpaired) electrons. The first-order chi connectivity index (χ1) is 17.7. The number of hydrogen-bond donors (Lipinski definition) is 1. The zero-order chi connectivity index (χ0) is 26.2. The third-order valence-corrected chi connectivity index (χ3v) is 8.74. The number of halogens is 1. The molecule has 2 aromatic heterocycles. The van der Waals surface area contributed by atoms with Gasteiger partial charge < -0.3 is 10.1 Å². The summed E-state index contributed by atoms with van der Waals surface area (Å²) in [6, 6.07) is 9.53. The molecule has 1 aromatic carbocycles. The van der Waals surface area contributed by atoms with Crippen LogP contribution in [0.3, 0.4) is 0 Å². The van der Waals surface area contributed by atoms with Gasteiger partial charge in [0.25, 0.3) is 0 Å². The van der Waals surface area contributed by atoms with E-state index in [1.807, 2.05) is 24.3 Å². The monoisotopic (exact) mass is 558 g/mol. The number of aromatic nitrogens is 2. The summed E-state index contributed by atoms with van der Waals surface area (Å²) >= 11 is 9.58. The fourth-order valence-electron chi connectivity index (χ4n) is 4.78. The van der Waals surface area contributed by atoms with Crippen LogP contribution in [0.2, 0.25) is 5.02 Å². The highest BCUT2D eigenvalue weighted by atomic mass is 35.5. The summed E-state index contributed by atoms with van der Waals surface area (Å²) < 4.78 is 7.44. The highest BCUT2D eigenvalue weighted by Crippen LogP contribution is 2.48. The SMILES string of the molecule is CC(C)(C)c1nn(-c2cccc(Cl)c2)c2c1[C@H](c1ccsc1)SCC(=O)N2CC(=O)NC[C@@H]1CCCO1. The number of thioether (sulfide) groups is 1. The fourth-order valence-corrected chi connectivity index (χ4v) is 6.93. The molecule has 5 rings (SSSR count). The van der Waals surface area contributed by atoms with Crippen molar-refractivity contribution in [1.82, 2.24) is 15.1 Å². The second kappa shape index (κ2) is 10.8. The number of ether oxygens (including phenoxy) is 1. The zero-order valence-corrected chi connectivity index (χ0v) is 23.6. The molecule has 2 atom stereocenters. The highest BCUT2D eigenvalue weighted by Gasteiger charge is 2.40. The quantitative estimate of drug-likeness (QED) is 0.441. The van der Waals surface area contributed by atoms with Crippen LogP contribution in [0.15, 0.2) is 41.1 Å². The van der Waals surface area contributed by atoms with Crippen LogP contribution in [0.4, 0.5) is 5.82 Å². The Hall–Kier alpha value is -2.33. The maximum Gasteiger partial charge on any atom is 0.240 e. The van der Waals surface area contributed by atoms with Crippen molar-refractivity contribution in [2.75, 3.05) is 30.3 Å². The summed E-state index contributed by atoms with van der Waals surface area (Å²) in [7, 11) is 0. The van der Waals surface area contributed by atoms with Gasteiger partial charge in [0.2, 0.25) is 11.8 Å². The second-order valence-corrected chi connectivity index (χ2v) is 12.7.